The number of rotatable bonds is 1. The Morgan fingerprint density at radius 1 is 1.03 bits per heavy atom. The SMILES string of the molecule is Cl.Cl.OC1(C#CN2CCNCC2)CCCCC1.Oc1ccccc1OC(F)(F)F. The smallest absolute Gasteiger partial charge is 0.504 e. The Morgan fingerprint density at radius 3 is 2.17 bits per heavy atom. The van der Waals surface area contributed by atoms with Crippen LogP contribution in [0.25, 0.3) is 0 Å². The van der Waals surface area contributed by atoms with Crippen LogP contribution < -0.4 is 10.1 Å². The molecule has 166 valence electrons. The first kappa shape index (κ1) is 27.5. The maximum Gasteiger partial charge on any atom is 0.573 e. The number of hydrogen-bond acceptors (Lipinski definition) is 5. The highest BCUT2D eigenvalue weighted by Crippen LogP contribution is 2.30. The summed E-state index contributed by atoms with van der Waals surface area (Å²) in [6, 6.07) is 8.00. The number of nitrogens with one attached hydrogen (secondary N) is 1. The van der Waals surface area contributed by atoms with Gasteiger partial charge in [-0.05, 0) is 43.7 Å². The van der Waals surface area contributed by atoms with Crippen molar-refractivity contribution in [2.45, 2.75) is 44.1 Å². The van der Waals surface area contributed by atoms with Gasteiger partial charge in [-0.3, -0.25) is 0 Å². The molecule has 1 aromatic carbocycles. The highest BCUT2D eigenvalue weighted by atomic mass is 35.5. The van der Waals surface area contributed by atoms with Crippen LogP contribution in [0.4, 0.5) is 13.2 Å². The molecular weight excluding hydrogens is 432 g/mol. The van der Waals surface area contributed by atoms with E-state index in [-0.39, 0.29) is 24.8 Å². The van der Waals surface area contributed by atoms with Crippen LogP contribution in [0.5, 0.6) is 11.5 Å². The molecule has 2 fully saturated rings. The quantitative estimate of drug-likeness (QED) is 0.560. The normalized spacial score (nSPS) is 17.9. The van der Waals surface area contributed by atoms with E-state index in [1.165, 1.54) is 18.6 Å². The van der Waals surface area contributed by atoms with E-state index in [0.717, 1.165) is 64.0 Å². The average Bonchev–Trinajstić information content (AvgIpc) is 2.63. The Hall–Kier alpha value is -1.53. The largest absolute Gasteiger partial charge is 0.573 e. The molecule has 5 nitrogen and oxygen atoms in total. The molecule has 0 amide bonds. The summed E-state index contributed by atoms with van der Waals surface area (Å²) in [4.78, 5) is 2.11. The Labute approximate surface area is 181 Å². The third-order valence-electron chi connectivity index (χ3n) is 4.34. The molecule has 1 heterocycles. The predicted octanol–water partition coefficient (Wildman–Crippen LogP) is 3.68. The number of halogens is 5. The minimum atomic E-state index is -4.77. The van der Waals surface area contributed by atoms with Gasteiger partial charge in [-0.25, -0.2) is 0 Å². The number of aromatic hydroxyl groups is 1. The minimum absolute atomic E-state index is 0. The topological polar surface area (TPSA) is 65.0 Å². The summed E-state index contributed by atoms with van der Waals surface area (Å²) < 4.78 is 38.2. The molecule has 3 rings (SSSR count). The fraction of sp³-hybridized carbons (Fsp3) is 0.579. The van der Waals surface area contributed by atoms with Crippen molar-refractivity contribution < 1.29 is 28.1 Å². The molecule has 1 saturated carbocycles. The van der Waals surface area contributed by atoms with E-state index in [0.29, 0.717) is 0 Å². The molecule has 1 aromatic rings. The van der Waals surface area contributed by atoms with Crippen LogP contribution in [0, 0.1) is 12.0 Å². The number of piperazine rings is 1. The van der Waals surface area contributed by atoms with Gasteiger partial charge in [0.2, 0.25) is 0 Å². The predicted molar refractivity (Wildman–Crippen MR) is 110 cm³/mol. The van der Waals surface area contributed by atoms with Gasteiger partial charge in [0.1, 0.15) is 5.60 Å². The van der Waals surface area contributed by atoms with Gasteiger partial charge in [-0.2, -0.15) is 0 Å². The molecule has 0 radical (unpaired) electrons. The number of benzene rings is 1. The first-order chi connectivity index (χ1) is 12.8. The van der Waals surface area contributed by atoms with E-state index in [9.17, 15) is 18.3 Å². The molecule has 0 unspecified atom stereocenters. The fourth-order valence-corrected chi connectivity index (χ4v) is 2.89. The zero-order chi connectivity index (χ0) is 19.8. The number of phenolic OH excluding ortho intramolecular Hbond substituents is 1. The highest BCUT2D eigenvalue weighted by Gasteiger charge is 2.32. The van der Waals surface area contributed by atoms with Crippen LogP contribution in [0.3, 0.4) is 0 Å². The monoisotopic (exact) mass is 458 g/mol. The molecule has 0 atom stereocenters. The second-order valence-corrected chi connectivity index (χ2v) is 6.58. The molecule has 29 heavy (non-hydrogen) atoms. The molecule has 1 saturated heterocycles. The lowest BCUT2D eigenvalue weighted by Gasteiger charge is -2.28. The van der Waals surface area contributed by atoms with Gasteiger partial charge in [0.15, 0.2) is 11.5 Å². The minimum Gasteiger partial charge on any atom is -0.504 e. The van der Waals surface area contributed by atoms with Gasteiger partial charge in [0, 0.05) is 32.2 Å². The van der Waals surface area contributed by atoms with Crippen molar-refractivity contribution in [1.29, 1.82) is 0 Å². The van der Waals surface area contributed by atoms with Gasteiger partial charge >= 0.3 is 6.36 Å². The average molecular weight is 459 g/mol. The lowest BCUT2D eigenvalue weighted by molar-refractivity contribution is -0.275. The van der Waals surface area contributed by atoms with Gasteiger partial charge in [0.25, 0.3) is 0 Å². The van der Waals surface area contributed by atoms with E-state index in [1.54, 1.807) is 0 Å². The van der Waals surface area contributed by atoms with Crippen molar-refractivity contribution in [3.8, 4) is 23.5 Å². The first-order valence-electron chi connectivity index (χ1n) is 9.02. The third-order valence-corrected chi connectivity index (χ3v) is 4.34. The lowest BCUT2D eigenvalue weighted by Crippen LogP contribution is -2.41. The molecule has 0 spiro atoms. The molecule has 0 aromatic heterocycles. The van der Waals surface area contributed by atoms with Crippen LogP contribution in [-0.2, 0) is 0 Å². The zero-order valence-corrected chi connectivity index (χ0v) is 17.5. The van der Waals surface area contributed by atoms with E-state index in [2.05, 4.69) is 26.9 Å². The number of phenols is 1. The molecule has 0 bridgehead atoms. The van der Waals surface area contributed by atoms with E-state index in [1.807, 2.05) is 0 Å². The fourth-order valence-electron chi connectivity index (χ4n) is 2.89. The lowest BCUT2D eigenvalue weighted by atomic mass is 9.85. The summed E-state index contributed by atoms with van der Waals surface area (Å²) in [6.07, 6.45) is 0.425. The van der Waals surface area contributed by atoms with Crippen LogP contribution in [0.2, 0.25) is 0 Å². The highest BCUT2D eigenvalue weighted by molar-refractivity contribution is 5.85. The van der Waals surface area contributed by atoms with E-state index in [4.69, 9.17) is 5.11 Å². The number of ether oxygens (including phenoxy) is 1. The Kier molecular flexibility index (Phi) is 12.2. The Bertz CT molecular complexity index is 654. The first-order valence-corrected chi connectivity index (χ1v) is 9.02. The van der Waals surface area contributed by atoms with Gasteiger partial charge < -0.3 is 25.2 Å². The molecule has 3 N–H and O–H groups in total. The summed E-state index contributed by atoms with van der Waals surface area (Å²) in [6.45, 7) is 3.96. The maximum atomic E-state index is 11.6. The summed E-state index contributed by atoms with van der Waals surface area (Å²) in [5.41, 5.74) is -0.691. The van der Waals surface area contributed by atoms with Crippen molar-refractivity contribution in [2.75, 3.05) is 26.2 Å². The summed E-state index contributed by atoms with van der Waals surface area (Å²) in [5.74, 6) is 1.95. The van der Waals surface area contributed by atoms with Crippen molar-refractivity contribution in [3.63, 3.8) is 0 Å². The molecule has 2 aliphatic rings. The second kappa shape index (κ2) is 12.9. The van der Waals surface area contributed by atoms with Crippen molar-refractivity contribution >= 4 is 24.8 Å². The van der Waals surface area contributed by atoms with E-state index >= 15 is 0 Å². The van der Waals surface area contributed by atoms with Crippen LogP contribution in [0.15, 0.2) is 24.3 Å². The summed E-state index contributed by atoms with van der Waals surface area (Å²) in [7, 11) is 0. The molecular formula is C19H27Cl2F3N2O3. The Morgan fingerprint density at radius 2 is 1.62 bits per heavy atom. The van der Waals surface area contributed by atoms with Crippen molar-refractivity contribution in [3.05, 3.63) is 24.3 Å². The number of alkyl halides is 3. The van der Waals surface area contributed by atoms with Gasteiger partial charge in [-0.1, -0.05) is 18.6 Å². The van der Waals surface area contributed by atoms with Crippen LogP contribution >= 0.6 is 24.8 Å². The Balaban J connectivity index is 0.000000518. The maximum absolute atomic E-state index is 11.6. The number of aliphatic hydroxyl groups is 1. The van der Waals surface area contributed by atoms with Crippen molar-refractivity contribution in [2.24, 2.45) is 0 Å². The van der Waals surface area contributed by atoms with Crippen molar-refractivity contribution in [1.82, 2.24) is 10.2 Å². The van der Waals surface area contributed by atoms with Crippen LogP contribution in [-0.4, -0.2) is 53.3 Å². The second-order valence-electron chi connectivity index (χ2n) is 6.58. The number of nitrogens with zero attached hydrogens (tertiary/aromatic N) is 1. The van der Waals surface area contributed by atoms with Gasteiger partial charge in [-0.15, -0.1) is 38.0 Å². The van der Waals surface area contributed by atoms with E-state index < -0.39 is 23.5 Å². The van der Waals surface area contributed by atoms with Crippen LogP contribution in [0.1, 0.15) is 32.1 Å². The molecule has 1 aliphatic carbocycles. The standard InChI is InChI=1S/C12H20N2O.C7H5F3O2.2ClH/c15-12(4-2-1-3-5-12)6-9-14-10-7-13-8-11-14;8-7(9,10)12-6-4-2-1-3-5(6)11;;/h13,15H,1-5,7-8,10-11H2;1-4,11H;2*1H. The summed E-state index contributed by atoms with van der Waals surface area (Å²) in [5, 5.41) is 22.3. The molecule has 10 heteroatoms. The zero-order valence-electron chi connectivity index (χ0n) is 15.9. The number of para-hydroxylation sites is 2. The number of hydrogen-bond donors (Lipinski definition) is 3. The third kappa shape index (κ3) is 10.7. The van der Waals surface area contributed by atoms with Gasteiger partial charge in [0.05, 0.1) is 0 Å². The molecule has 1 aliphatic heterocycles. The summed E-state index contributed by atoms with van der Waals surface area (Å²) >= 11 is 0.